The number of rotatable bonds is 1. The zero-order chi connectivity index (χ0) is 11.7. The van der Waals surface area contributed by atoms with Crippen molar-refractivity contribution in [2.45, 2.75) is 44.2 Å². The molecule has 0 aromatic carbocycles. The summed E-state index contributed by atoms with van der Waals surface area (Å²) in [4.78, 5) is 14.6. The minimum Gasteiger partial charge on any atom is -0.341 e. The molecule has 2 atom stereocenters. The Balaban J connectivity index is 1.61. The van der Waals surface area contributed by atoms with E-state index in [4.69, 9.17) is 0 Å². The van der Waals surface area contributed by atoms with E-state index in [1.807, 2.05) is 0 Å². The summed E-state index contributed by atoms with van der Waals surface area (Å²) in [5, 5.41) is 6.96. The number of amides is 1. The van der Waals surface area contributed by atoms with Crippen molar-refractivity contribution in [1.29, 1.82) is 0 Å². The standard InChI is InChI=1S/C13H23N3O/c17-13(10-3-6-14-7-4-10)16-8-5-11-1-2-12(9-16)15-11/h10-12,14-15H,1-9H2/t11-,12+/m1/s1. The molecule has 3 heterocycles. The van der Waals surface area contributed by atoms with Crippen molar-refractivity contribution in [3.05, 3.63) is 0 Å². The number of nitrogens with one attached hydrogen (secondary N) is 2. The fourth-order valence-electron chi connectivity index (χ4n) is 3.47. The van der Waals surface area contributed by atoms with Crippen molar-refractivity contribution in [1.82, 2.24) is 15.5 Å². The largest absolute Gasteiger partial charge is 0.341 e. The zero-order valence-corrected chi connectivity index (χ0v) is 10.5. The van der Waals surface area contributed by atoms with E-state index in [0.717, 1.165) is 45.4 Å². The summed E-state index contributed by atoms with van der Waals surface area (Å²) in [5.74, 6) is 0.703. The van der Waals surface area contributed by atoms with Crippen LogP contribution in [0.2, 0.25) is 0 Å². The minimum absolute atomic E-state index is 0.285. The summed E-state index contributed by atoms with van der Waals surface area (Å²) >= 11 is 0. The average Bonchev–Trinajstić information content (AvgIpc) is 2.69. The number of fused-ring (bicyclic) bond motifs is 2. The van der Waals surface area contributed by atoms with Gasteiger partial charge in [0.25, 0.3) is 0 Å². The van der Waals surface area contributed by atoms with E-state index in [1.165, 1.54) is 12.8 Å². The number of piperidine rings is 1. The Morgan fingerprint density at radius 3 is 2.59 bits per heavy atom. The van der Waals surface area contributed by atoms with E-state index in [2.05, 4.69) is 15.5 Å². The van der Waals surface area contributed by atoms with Crippen LogP contribution in [0.1, 0.15) is 32.1 Å². The lowest BCUT2D eigenvalue weighted by atomic mass is 9.96. The monoisotopic (exact) mass is 237 g/mol. The van der Waals surface area contributed by atoms with Gasteiger partial charge in [0.1, 0.15) is 0 Å². The molecule has 3 aliphatic rings. The first kappa shape index (κ1) is 11.5. The summed E-state index contributed by atoms with van der Waals surface area (Å²) in [5.41, 5.74) is 0. The van der Waals surface area contributed by atoms with Crippen molar-refractivity contribution < 1.29 is 4.79 Å². The molecule has 0 unspecified atom stereocenters. The van der Waals surface area contributed by atoms with Gasteiger partial charge in [-0.05, 0) is 45.2 Å². The number of hydrogen-bond donors (Lipinski definition) is 2. The summed E-state index contributed by atoms with van der Waals surface area (Å²) < 4.78 is 0. The lowest BCUT2D eigenvalue weighted by molar-refractivity contribution is -0.136. The Labute approximate surface area is 103 Å². The van der Waals surface area contributed by atoms with Crippen LogP contribution < -0.4 is 10.6 Å². The maximum Gasteiger partial charge on any atom is 0.225 e. The van der Waals surface area contributed by atoms with Gasteiger partial charge in [0.15, 0.2) is 0 Å². The molecule has 0 radical (unpaired) electrons. The second-order valence-corrected chi connectivity index (χ2v) is 5.74. The molecule has 4 nitrogen and oxygen atoms in total. The van der Waals surface area contributed by atoms with Gasteiger partial charge in [-0.2, -0.15) is 0 Å². The fraction of sp³-hybridized carbons (Fsp3) is 0.923. The van der Waals surface area contributed by atoms with Crippen LogP contribution in [0.25, 0.3) is 0 Å². The third-order valence-corrected chi connectivity index (χ3v) is 4.52. The van der Waals surface area contributed by atoms with Gasteiger partial charge in [0, 0.05) is 31.1 Å². The Morgan fingerprint density at radius 2 is 1.76 bits per heavy atom. The highest BCUT2D eigenvalue weighted by molar-refractivity contribution is 5.79. The molecule has 17 heavy (non-hydrogen) atoms. The third kappa shape index (κ3) is 2.47. The van der Waals surface area contributed by atoms with E-state index in [-0.39, 0.29) is 5.92 Å². The second kappa shape index (κ2) is 4.94. The highest BCUT2D eigenvalue weighted by Crippen LogP contribution is 2.23. The van der Waals surface area contributed by atoms with Gasteiger partial charge in [-0.15, -0.1) is 0 Å². The molecule has 3 fully saturated rings. The number of hydrogen-bond acceptors (Lipinski definition) is 3. The molecule has 0 spiro atoms. The summed E-state index contributed by atoms with van der Waals surface area (Å²) in [6.45, 7) is 3.93. The van der Waals surface area contributed by atoms with Crippen molar-refractivity contribution >= 4 is 5.91 Å². The Kier molecular flexibility index (Phi) is 3.34. The highest BCUT2D eigenvalue weighted by Gasteiger charge is 2.33. The summed E-state index contributed by atoms with van der Waals surface area (Å²) in [7, 11) is 0. The van der Waals surface area contributed by atoms with E-state index in [9.17, 15) is 4.79 Å². The summed E-state index contributed by atoms with van der Waals surface area (Å²) in [6.07, 6.45) is 5.75. The van der Waals surface area contributed by atoms with Crippen molar-refractivity contribution in [3.63, 3.8) is 0 Å². The molecular weight excluding hydrogens is 214 g/mol. The van der Waals surface area contributed by atoms with E-state index >= 15 is 0 Å². The average molecular weight is 237 g/mol. The molecule has 4 heteroatoms. The first-order valence-corrected chi connectivity index (χ1v) is 7.08. The molecule has 96 valence electrons. The predicted octanol–water partition coefficient (Wildman–Crippen LogP) is 0.339. The van der Waals surface area contributed by atoms with Crippen molar-refractivity contribution in [2.75, 3.05) is 26.2 Å². The van der Waals surface area contributed by atoms with Crippen molar-refractivity contribution in [3.8, 4) is 0 Å². The number of likely N-dealkylation sites (tertiary alicyclic amines) is 1. The van der Waals surface area contributed by atoms with Crippen molar-refractivity contribution in [2.24, 2.45) is 5.92 Å². The van der Waals surface area contributed by atoms with Crippen LogP contribution in [0.5, 0.6) is 0 Å². The quantitative estimate of drug-likeness (QED) is 0.691. The maximum atomic E-state index is 12.5. The molecule has 2 N–H and O–H groups in total. The van der Waals surface area contributed by atoms with Crippen LogP contribution in [0.3, 0.4) is 0 Å². The van der Waals surface area contributed by atoms with E-state index in [1.54, 1.807) is 0 Å². The van der Waals surface area contributed by atoms with Gasteiger partial charge in [0.05, 0.1) is 0 Å². The maximum absolute atomic E-state index is 12.5. The van der Waals surface area contributed by atoms with Gasteiger partial charge in [-0.3, -0.25) is 4.79 Å². The zero-order valence-electron chi connectivity index (χ0n) is 10.5. The first-order valence-electron chi connectivity index (χ1n) is 7.08. The highest BCUT2D eigenvalue weighted by atomic mass is 16.2. The molecule has 0 aliphatic carbocycles. The first-order chi connectivity index (χ1) is 8.33. The second-order valence-electron chi connectivity index (χ2n) is 5.74. The Morgan fingerprint density at radius 1 is 1.00 bits per heavy atom. The van der Waals surface area contributed by atoms with Crippen LogP contribution >= 0.6 is 0 Å². The topological polar surface area (TPSA) is 44.4 Å². The molecule has 0 aromatic heterocycles. The molecule has 2 bridgehead atoms. The van der Waals surface area contributed by atoms with Gasteiger partial charge in [-0.25, -0.2) is 0 Å². The Bertz CT molecular complexity index is 288. The third-order valence-electron chi connectivity index (χ3n) is 4.52. The van der Waals surface area contributed by atoms with Crippen LogP contribution in [0.15, 0.2) is 0 Å². The molecular formula is C13H23N3O. The summed E-state index contributed by atoms with van der Waals surface area (Å²) in [6, 6.07) is 1.24. The number of carbonyl (C=O) groups excluding carboxylic acids is 1. The van der Waals surface area contributed by atoms with Gasteiger partial charge < -0.3 is 15.5 Å². The van der Waals surface area contributed by atoms with Gasteiger partial charge >= 0.3 is 0 Å². The Hall–Kier alpha value is -0.610. The van der Waals surface area contributed by atoms with Crippen LogP contribution in [0, 0.1) is 5.92 Å². The normalized spacial score (nSPS) is 34.7. The molecule has 0 aromatic rings. The molecule has 0 saturated carbocycles. The van der Waals surface area contributed by atoms with Crippen LogP contribution in [-0.4, -0.2) is 49.1 Å². The molecule has 3 aliphatic heterocycles. The van der Waals surface area contributed by atoms with Gasteiger partial charge in [0.2, 0.25) is 5.91 Å². The lowest BCUT2D eigenvalue weighted by Gasteiger charge is -2.30. The van der Waals surface area contributed by atoms with Gasteiger partial charge in [-0.1, -0.05) is 0 Å². The molecule has 3 saturated heterocycles. The molecule has 1 amide bonds. The predicted molar refractivity (Wildman–Crippen MR) is 66.7 cm³/mol. The smallest absolute Gasteiger partial charge is 0.225 e. The fourth-order valence-corrected chi connectivity index (χ4v) is 3.47. The molecule has 3 rings (SSSR count). The SMILES string of the molecule is O=C(C1CCNCC1)N1CC[C@H]2CC[C@@H](C1)N2. The minimum atomic E-state index is 0.285. The van der Waals surface area contributed by atoms with E-state index < -0.39 is 0 Å². The number of carbonyl (C=O) groups is 1. The van der Waals surface area contributed by atoms with Crippen LogP contribution in [0.4, 0.5) is 0 Å². The lowest BCUT2D eigenvalue weighted by Crippen LogP contribution is -2.44. The van der Waals surface area contributed by atoms with Crippen LogP contribution in [-0.2, 0) is 4.79 Å². The number of nitrogens with zero attached hydrogens (tertiary/aromatic N) is 1. The van der Waals surface area contributed by atoms with E-state index in [0.29, 0.717) is 18.0 Å².